The summed E-state index contributed by atoms with van der Waals surface area (Å²) in [7, 11) is 5.15. The molecule has 10 nitrogen and oxygen atoms in total. The molecule has 0 fully saturated rings. The highest BCUT2D eigenvalue weighted by Crippen LogP contribution is 2.45. The molecule has 14 heteroatoms. The molecule has 1 amide bonds. The lowest BCUT2D eigenvalue weighted by Crippen LogP contribution is -2.24. The van der Waals surface area contributed by atoms with Gasteiger partial charge in [-0.2, -0.15) is 13.2 Å². The molecule has 0 bridgehead atoms. The second-order valence-electron chi connectivity index (χ2n) is 11.3. The molecular formula is C34H27F4N5O5. The molecule has 7 rings (SSSR count). The first-order valence-electron chi connectivity index (χ1n) is 14.7. The van der Waals surface area contributed by atoms with Crippen LogP contribution in [0, 0.1) is 5.82 Å². The highest BCUT2D eigenvalue weighted by molar-refractivity contribution is 6.12. The molecule has 0 radical (unpaired) electrons. The minimum Gasteiger partial charge on any atom is -0.468 e. The van der Waals surface area contributed by atoms with E-state index in [0.29, 0.717) is 61.5 Å². The third kappa shape index (κ3) is 5.23. The fraction of sp³-hybridized carbons (Fsp3) is 0.206. The van der Waals surface area contributed by atoms with Gasteiger partial charge in [-0.1, -0.05) is 6.07 Å². The molecule has 0 saturated carbocycles. The number of aromatic nitrogens is 3. The van der Waals surface area contributed by atoms with Crippen molar-refractivity contribution in [3.63, 3.8) is 0 Å². The fourth-order valence-electron chi connectivity index (χ4n) is 5.92. The number of alkyl halides is 3. The molecule has 0 aliphatic carbocycles. The zero-order valence-corrected chi connectivity index (χ0v) is 25.7. The van der Waals surface area contributed by atoms with Crippen LogP contribution in [0.1, 0.15) is 16.6 Å². The van der Waals surface area contributed by atoms with Gasteiger partial charge >= 0.3 is 6.18 Å². The van der Waals surface area contributed by atoms with Crippen molar-refractivity contribution >= 4 is 33.5 Å². The molecule has 2 N–H and O–H groups in total. The summed E-state index contributed by atoms with van der Waals surface area (Å²) in [5, 5.41) is 13.6. The van der Waals surface area contributed by atoms with Gasteiger partial charge in [-0.15, -0.1) is 0 Å². The van der Waals surface area contributed by atoms with Gasteiger partial charge in [0.1, 0.15) is 28.6 Å². The van der Waals surface area contributed by atoms with Crippen LogP contribution < -0.4 is 19.7 Å². The van der Waals surface area contributed by atoms with Crippen LogP contribution in [-0.2, 0) is 0 Å². The molecule has 246 valence electrons. The van der Waals surface area contributed by atoms with Gasteiger partial charge in [-0.25, -0.2) is 14.4 Å². The molecule has 5 heterocycles. The smallest absolute Gasteiger partial charge is 0.422 e. The largest absolute Gasteiger partial charge is 0.468 e. The Balaban J connectivity index is 1.37. The van der Waals surface area contributed by atoms with E-state index in [4.69, 9.17) is 18.9 Å². The second-order valence-corrected chi connectivity index (χ2v) is 11.3. The first-order valence-corrected chi connectivity index (χ1v) is 14.7. The number of carbonyl (C=O) groups is 1. The molecule has 0 saturated heterocycles. The topological polar surface area (TPSA) is 115 Å². The number of furan rings is 1. The van der Waals surface area contributed by atoms with E-state index in [1.165, 1.54) is 31.4 Å². The summed E-state index contributed by atoms with van der Waals surface area (Å²) >= 11 is 0. The SMILES string of the molecule is CNC(=O)c1c(-c2ccc(OCC(F)(F)F)nc2)oc2cc(N(C)C)c(-c3ccc4c(n3)-c3cc5c(F)cccc5n3C(CO)O4)cc12. The van der Waals surface area contributed by atoms with Gasteiger partial charge in [0.25, 0.3) is 5.91 Å². The van der Waals surface area contributed by atoms with Crippen molar-refractivity contribution in [2.45, 2.75) is 12.4 Å². The quantitative estimate of drug-likeness (QED) is 0.185. The maximum Gasteiger partial charge on any atom is 0.422 e. The third-order valence-corrected chi connectivity index (χ3v) is 8.04. The van der Waals surface area contributed by atoms with Crippen molar-refractivity contribution in [1.82, 2.24) is 19.9 Å². The van der Waals surface area contributed by atoms with E-state index < -0.39 is 30.7 Å². The maximum atomic E-state index is 14.8. The summed E-state index contributed by atoms with van der Waals surface area (Å²) in [6.45, 7) is -1.84. The van der Waals surface area contributed by atoms with Crippen molar-refractivity contribution in [1.29, 1.82) is 0 Å². The Morgan fingerprint density at radius 1 is 1.10 bits per heavy atom. The van der Waals surface area contributed by atoms with Crippen LogP contribution in [0.5, 0.6) is 11.6 Å². The highest BCUT2D eigenvalue weighted by Gasteiger charge is 2.31. The Morgan fingerprint density at radius 3 is 2.60 bits per heavy atom. The number of rotatable bonds is 7. The lowest BCUT2D eigenvalue weighted by atomic mass is 10.0. The van der Waals surface area contributed by atoms with Crippen LogP contribution in [0.15, 0.2) is 71.3 Å². The van der Waals surface area contributed by atoms with Crippen LogP contribution in [0.3, 0.4) is 0 Å². The second kappa shape index (κ2) is 11.6. The number of amides is 1. The first kappa shape index (κ1) is 31.0. The summed E-state index contributed by atoms with van der Waals surface area (Å²) in [5.74, 6) is -0.541. The Hall–Kier alpha value is -5.63. The van der Waals surface area contributed by atoms with Crippen molar-refractivity contribution in [3.8, 4) is 45.6 Å². The number of anilines is 1. The minimum absolute atomic E-state index is 0.162. The lowest BCUT2D eigenvalue weighted by Gasteiger charge is -2.28. The molecule has 1 aliphatic rings. The van der Waals surface area contributed by atoms with Gasteiger partial charge in [0.05, 0.1) is 29.1 Å². The van der Waals surface area contributed by atoms with Crippen molar-refractivity contribution in [2.24, 2.45) is 0 Å². The van der Waals surface area contributed by atoms with Crippen LogP contribution in [0.25, 0.3) is 55.8 Å². The molecule has 48 heavy (non-hydrogen) atoms. The van der Waals surface area contributed by atoms with Gasteiger partial charge in [-0.05, 0) is 42.5 Å². The monoisotopic (exact) mass is 661 g/mol. The molecule has 1 atom stereocenters. The predicted octanol–water partition coefficient (Wildman–Crippen LogP) is 6.57. The van der Waals surface area contributed by atoms with Gasteiger partial charge in [0.15, 0.2) is 12.8 Å². The standard InChI is InChI=1S/C34H27F4N5O5/c1-39-33(45)30-20-11-19(24(42(2)3)13-27(20)48-32(30)17-7-10-28(40-14-17)46-16-34(36,37)38)22-8-9-26-31(41-22)25-12-18-21(35)5-4-6-23(18)43(25)29(15-44)47-26/h4-14,29,44H,15-16H2,1-3H3,(H,39,45). The van der Waals surface area contributed by atoms with E-state index >= 15 is 0 Å². The molecule has 1 aliphatic heterocycles. The average Bonchev–Trinajstić information content (AvgIpc) is 3.66. The number of hydrogen-bond acceptors (Lipinski definition) is 8. The van der Waals surface area contributed by atoms with E-state index in [1.54, 1.807) is 47.0 Å². The summed E-state index contributed by atoms with van der Waals surface area (Å²) in [4.78, 5) is 24.1. The summed E-state index contributed by atoms with van der Waals surface area (Å²) in [5.41, 5.74) is 4.31. The molecule has 2 aromatic carbocycles. The normalized spacial score (nSPS) is 14.0. The van der Waals surface area contributed by atoms with Crippen molar-refractivity contribution in [3.05, 3.63) is 78.2 Å². The summed E-state index contributed by atoms with van der Waals surface area (Å²) < 4.78 is 71.4. The number of aliphatic hydroxyl groups is 1. The Bertz CT molecular complexity index is 2210. The van der Waals surface area contributed by atoms with Gasteiger partial charge in [0.2, 0.25) is 5.88 Å². The highest BCUT2D eigenvalue weighted by atomic mass is 19.4. The van der Waals surface area contributed by atoms with Crippen LogP contribution in [-0.4, -0.2) is 66.1 Å². The van der Waals surface area contributed by atoms with E-state index in [0.717, 1.165) is 0 Å². The lowest BCUT2D eigenvalue weighted by molar-refractivity contribution is -0.154. The zero-order chi connectivity index (χ0) is 33.9. The number of nitrogens with zero attached hydrogens (tertiary/aromatic N) is 4. The third-order valence-electron chi connectivity index (χ3n) is 8.04. The van der Waals surface area contributed by atoms with E-state index in [-0.39, 0.29) is 23.8 Å². The molecule has 4 aromatic heterocycles. The van der Waals surface area contributed by atoms with Gasteiger partial charge in [0, 0.05) is 67.1 Å². The van der Waals surface area contributed by atoms with Crippen LogP contribution in [0.2, 0.25) is 0 Å². The van der Waals surface area contributed by atoms with E-state index in [1.807, 2.05) is 19.0 Å². The number of halogens is 4. The number of aliphatic hydroxyl groups excluding tert-OH is 1. The number of benzene rings is 2. The Morgan fingerprint density at radius 2 is 1.92 bits per heavy atom. The molecule has 0 spiro atoms. The predicted molar refractivity (Wildman–Crippen MR) is 170 cm³/mol. The Kier molecular flexibility index (Phi) is 7.46. The van der Waals surface area contributed by atoms with Crippen LogP contribution >= 0.6 is 0 Å². The average molecular weight is 662 g/mol. The molecule has 6 aromatic rings. The maximum absolute atomic E-state index is 14.8. The first-order chi connectivity index (χ1) is 23.0. The molecule has 1 unspecified atom stereocenters. The number of nitrogens with one attached hydrogen (secondary N) is 1. The summed E-state index contributed by atoms with van der Waals surface area (Å²) in [6, 6.07) is 16.1. The number of pyridine rings is 2. The van der Waals surface area contributed by atoms with Gasteiger partial charge in [-0.3, -0.25) is 4.79 Å². The van der Waals surface area contributed by atoms with Gasteiger partial charge < -0.3 is 33.8 Å². The van der Waals surface area contributed by atoms with Crippen molar-refractivity contribution in [2.75, 3.05) is 39.3 Å². The van der Waals surface area contributed by atoms with Crippen LogP contribution in [0.4, 0.5) is 23.2 Å². The number of ether oxygens (including phenoxy) is 2. The number of fused-ring (bicyclic) bond motifs is 6. The fourth-order valence-corrected chi connectivity index (χ4v) is 5.92. The van der Waals surface area contributed by atoms with E-state index in [9.17, 15) is 27.5 Å². The minimum atomic E-state index is -4.52. The number of carbonyl (C=O) groups excluding carboxylic acids is 1. The number of hydrogen-bond donors (Lipinski definition) is 2. The summed E-state index contributed by atoms with van der Waals surface area (Å²) in [6.07, 6.45) is -4.03. The Labute approximate surface area is 270 Å². The van der Waals surface area contributed by atoms with E-state index in [2.05, 4.69) is 10.3 Å². The molecular weight excluding hydrogens is 634 g/mol. The zero-order valence-electron chi connectivity index (χ0n) is 25.7. The van der Waals surface area contributed by atoms with Crippen molar-refractivity contribution < 1.29 is 41.4 Å².